The third-order valence-electron chi connectivity index (χ3n) is 6.20. The molecule has 1 saturated heterocycles. The van der Waals surface area contributed by atoms with Crippen molar-refractivity contribution in [2.75, 3.05) is 52.4 Å². The topological polar surface area (TPSA) is 94.2 Å². The van der Waals surface area contributed by atoms with Crippen LogP contribution in [0.5, 0.6) is 0 Å². The van der Waals surface area contributed by atoms with Crippen LogP contribution in [-0.4, -0.2) is 85.2 Å². The lowest BCUT2D eigenvalue weighted by Crippen LogP contribution is -2.51. The predicted octanol–water partition coefficient (Wildman–Crippen LogP) is 3.02. The van der Waals surface area contributed by atoms with Crippen molar-refractivity contribution < 1.29 is 23.5 Å². The lowest BCUT2D eigenvalue weighted by atomic mass is 9.94. The average molecular weight is 502 g/mol. The van der Waals surface area contributed by atoms with Gasteiger partial charge in [0.05, 0.1) is 18.2 Å². The van der Waals surface area contributed by atoms with Crippen LogP contribution in [0.25, 0.3) is 0 Å². The van der Waals surface area contributed by atoms with Crippen LogP contribution in [0.2, 0.25) is 0 Å². The third-order valence-corrected chi connectivity index (χ3v) is 6.20. The van der Waals surface area contributed by atoms with Gasteiger partial charge in [0.15, 0.2) is 0 Å². The molecule has 2 N–H and O–H groups in total. The van der Waals surface area contributed by atoms with Gasteiger partial charge < -0.3 is 20.3 Å². The van der Waals surface area contributed by atoms with E-state index < -0.39 is 23.9 Å². The number of benzene rings is 1. The molecule has 10 heteroatoms. The van der Waals surface area contributed by atoms with Crippen molar-refractivity contribution in [2.45, 2.75) is 32.7 Å². The van der Waals surface area contributed by atoms with Crippen LogP contribution in [-0.2, 0) is 9.53 Å². The van der Waals surface area contributed by atoms with Gasteiger partial charge >= 0.3 is 18.0 Å². The summed E-state index contributed by atoms with van der Waals surface area (Å²) in [4.78, 5) is 44.2. The molecule has 0 radical (unpaired) electrons. The first-order valence-electron chi connectivity index (χ1n) is 12.5. The lowest BCUT2D eigenvalue weighted by Gasteiger charge is -2.38. The molecule has 0 aromatic heterocycles. The van der Waals surface area contributed by atoms with Gasteiger partial charge in [0.1, 0.15) is 5.82 Å². The molecule has 9 nitrogen and oxygen atoms in total. The molecule has 3 rings (SSSR count). The molecule has 196 valence electrons. The van der Waals surface area contributed by atoms with Crippen molar-refractivity contribution >= 4 is 18.0 Å². The number of rotatable bonds is 9. The fraction of sp³-hybridized carbons (Fsp3) is 0.500. The maximum Gasteiger partial charge on any atom is 0.338 e. The number of hydrogen-bond donors (Lipinski definition) is 2. The molecular weight excluding hydrogens is 465 g/mol. The molecule has 0 aliphatic carbocycles. The minimum absolute atomic E-state index is 0.0818. The van der Waals surface area contributed by atoms with Gasteiger partial charge in [0.25, 0.3) is 0 Å². The summed E-state index contributed by atoms with van der Waals surface area (Å²) in [5, 5.41) is 5.75. The Kier molecular flexibility index (Phi) is 9.86. The van der Waals surface area contributed by atoms with E-state index in [1.165, 1.54) is 17.0 Å². The van der Waals surface area contributed by atoms with Crippen LogP contribution in [0.15, 0.2) is 48.2 Å². The fourth-order valence-electron chi connectivity index (χ4n) is 4.47. The van der Waals surface area contributed by atoms with Crippen LogP contribution in [0.4, 0.5) is 14.0 Å². The highest BCUT2D eigenvalue weighted by atomic mass is 19.1. The van der Waals surface area contributed by atoms with Gasteiger partial charge in [-0.3, -0.25) is 9.80 Å². The van der Waals surface area contributed by atoms with Crippen molar-refractivity contribution in [1.29, 1.82) is 0 Å². The van der Waals surface area contributed by atoms with Gasteiger partial charge in [-0.1, -0.05) is 25.1 Å². The number of ether oxygens (including phenoxy) is 1. The third kappa shape index (κ3) is 6.63. The average Bonchev–Trinajstić information content (AvgIpc) is 3.10. The van der Waals surface area contributed by atoms with E-state index in [1.54, 1.807) is 30.0 Å². The van der Waals surface area contributed by atoms with E-state index in [1.807, 2.05) is 6.92 Å². The van der Waals surface area contributed by atoms with E-state index in [9.17, 15) is 18.8 Å². The van der Waals surface area contributed by atoms with Crippen LogP contribution >= 0.6 is 0 Å². The molecule has 2 aliphatic rings. The number of carbonyl (C=O) groups is 3. The smallest absolute Gasteiger partial charge is 0.338 e. The number of esters is 1. The summed E-state index contributed by atoms with van der Waals surface area (Å²) in [5.41, 5.74) is 1.22. The van der Waals surface area contributed by atoms with Crippen molar-refractivity contribution in [1.82, 2.24) is 25.3 Å². The highest BCUT2D eigenvalue weighted by molar-refractivity contribution is 5.95. The second-order valence-corrected chi connectivity index (χ2v) is 8.77. The molecule has 0 saturated carbocycles. The molecule has 0 spiro atoms. The molecule has 36 heavy (non-hydrogen) atoms. The van der Waals surface area contributed by atoms with E-state index in [-0.39, 0.29) is 24.8 Å². The lowest BCUT2D eigenvalue weighted by molar-refractivity contribution is -0.139. The van der Waals surface area contributed by atoms with Crippen LogP contribution in [0, 0.1) is 5.82 Å². The van der Waals surface area contributed by atoms with Crippen LogP contribution in [0.1, 0.15) is 38.3 Å². The maximum absolute atomic E-state index is 14.1. The Morgan fingerprint density at radius 1 is 1.25 bits per heavy atom. The zero-order valence-electron chi connectivity index (χ0n) is 21.1. The molecule has 4 amide bonds. The monoisotopic (exact) mass is 501 g/mol. The number of nitrogens with zero attached hydrogens (tertiary/aromatic N) is 3. The Morgan fingerprint density at radius 2 is 2.06 bits per heavy atom. The fourth-order valence-corrected chi connectivity index (χ4v) is 4.47. The summed E-state index contributed by atoms with van der Waals surface area (Å²) >= 11 is 0. The minimum Gasteiger partial charge on any atom is -0.463 e. The Bertz CT molecular complexity index is 998. The summed E-state index contributed by atoms with van der Waals surface area (Å²) in [7, 11) is 0. The Hall–Kier alpha value is -3.40. The number of nitrogens with one attached hydrogen (secondary N) is 2. The van der Waals surface area contributed by atoms with Gasteiger partial charge in [-0.2, -0.15) is 0 Å². The number of urea groups is 2. The highest BCUT2D eigenvalue weighted by Crippen LogP contribution is 2.32. The molecular formula is C26H36FN5O4. The van der Waals surface area contributed by atoms with Crippen molar-refractivity contribution in [3.8, 4) is 0 Å². The van der Waals surface area contributed by atoms with E-state index in [2.05, 4.69) is 22.1 Å². The van der Waals surface area contributed by atoms with E-state index in [0.717, 1.165) is 12.8 Å². The first-order valence-corrected chi connectivity index (χ1v) is 12.5. The van der Waals surface area contributed by atoms with Gasteiger partial charge in [-0.05, 0) is 37.5 Å². The molecule has 1 atom stereocenters. The molecule has 1 fully saturated rings. The summed E-state index contributed by atoms with van der Waals surface area (Å²) in [6.07, 6.45) is 3.21. The number of amides is 4. The molecule has 1 aromatic rings. The van der Waals surface area contributed by atoms with Crippen molar-refractivity contribution in [2.24, 2.45) is 0 Å². The summed E-state index contributed by atoms with van der Waals surface area (Å²) < 4.78 is 19.5. The minimum atomic E-state index is -0.855. The maximum atomic E-state index is 14.1. The predicted molar refractivity (Wildman–Crippen MR) is 135 cm³/mol. The molecule has 2 heterocycles. The van der Waals surface area contributed by atoms with E-state index >= 15 is 0 Å². The zero-order valence-corrected chi connectivity index (χ0v) is 21.1. The SMILES string of the molecule is C=CCN1C(=O)N[C@H](c2cccc(F)c2)C(C(=O)OCC)=C1CN1CCCN(C(=O)NCCC)CC1. The Labute approximate surface area is 211 Å². The van der Waals surface area contributed by atoms with Gasteiger partial charge in [-0.15, -0.1) is 6.58 Å². The molecule has 2 aliphatic heterocycles. The normalized spacial score (nSPS) is 19.0. The number of hydrogen-bond acceptors (Lipinski definition) is 5. The quantitative estimate of drug-likeness (QED) is 0.401. The Morgan fingerprint density at radius 3 is 2.75 bits per heavy atom. The molecule has 1 aromatic carbocycles. The largest absolute Gasteiger partial charge is 0.463 e. The van der Waals surface area contributed by atoms with Crippen molar-refractivity contribution in [3.63, 3.8) is 0 Å². The summed E-state index contributed by atoms with van der Waals surface area (Å²) in [5.74, 6) is -1.03. The molecule has 0 bridgehead atoms. The summed E-state index contributed by atoms with van der Waals surface area (Å²) in [6.45, 7) is 11.2. The second kappa shape index (κ2) is 13.1. The van der Waals surface area contributed by atoms with Gasteiger partial charge in [0, 0.05) is 51.5 Å². The number of halogens is 1. The van der Waals surface area contributed by atoms with Gasteiger partial charge in [0.2, 0.25) is 0 Å². The standard InChI is InChI=1S/C26H36FN5O4/c1-4-11-28-25(34)31-14-8-13-30(15-16-31)18-21-22(24(33)36-6-3)23(19-9-7-10-20(27)17-19)29-26(35)32(21)12-5-2/h5,7,9-10,17,23H,2,4,6,8,11-16,18H2,1,3H3,(H,28,34)(H,29,35)/t23-/m1/s1. The van der Waals surface area contributed by atoms with E-state index in [4.69, 9.17) is 4.74 Å². The first kappa shape index (κ1) is 27.2. The second-order valence-electron chi connectivity index (χ2n) is 8.77. The first-order chi connectivity index (χ1) is 17.4. The van der Waals surface area contributed by atoms with Crippen LogP contribution in [0.3, 0.4) is 0 Å². The Balaban J connectivity index is 1.95. The van der Waals surface area contributed by atoms with E-state index in [0.29, 0.717) is 50.5 Å². The number of carbonyl (C=O) groups excluding carboxylic acids is 3. The van der Waals surface area contributed by atoms with Gasteiger partial charge in [-0.25, -0.2) is 18.8 Å². The highest BCUT2D eigenvalue weighted by Gasteiger charge is 2.38. The summed E-state index contributed by atoms with van der Waals surface area (Å²) in [6, 6.07) is 4.50. The van der Waals surface area contributed by atoms with Crippen LogP contribution < -0.4 is 10.6 Å². The van der Waals surface area contributed by atoms with Crippen molar-refractivity contribution in [3.05, 3.63) is 59.6 Å². The molecule has 0 unspecified atom stereocenters. The zero-order chi connectivity index (χ0) is 26.1.